The molecule has 66 valence electrons. The average molecular weight is 175 g/mol. The molecule has 0 bridgehead atoms. The lowest BCUT2D eigenvalue weighted by Gasteiger charge is -2.23. The maximum Gasteiger partial charge on any atom is 0.0636 e. The van der Waals surface area contributed by atoms with E-state index in [1.807, 2.05) is 18.7 Å². The predicted octanol–water partition coefficient (Wildman–Crippen LogP) is 0.852. The average Bonchev–Trinajstić information content (AvgIpc) is 2.03. The number of thioether (sulfide) groups is 1. The van der Waals surface area contributed by atoms with E-state index in [-0.39, 0.29) is 6.10 Å². The smallest absolute Gasteiger partial charge is 0.0636 e. The highest BCUT2D eigenvalue weighted by Crippen LogP contribution is 2.16. The van der Waals surface area contributed by atoms with Crippen LogP contribution in [-0.2, 0) is 0 Å². The maximum atomic E-state index is 9.01. The quantitative estimate of drug-likeness (QED) is 0.667. The van der Waals surface area contributed by atoms with Gasteiger partial charge >= 0.3 is 0 Å². The molecule has 2 nitrogen and oxygen atoms in total. The van der Waals surface area contributed by atoms with Crippen molar-refractivity contribution in [1.82, 2.24) is 5.32 Å². The number of nitrogens with one attached hydrogen (secondary N) is 1. The molecule has 0 aromatic carbocycles. The molecule has 1 fully saturated rings. The molecule has 1 rings (SSSR count). The van der Waals surface area contributed by atoms with E-state index < -0.39 is 0 Å². The summed E-state index contributed by atoms with van der Waals surface area (Å²) in [6, 6.07) is 0.642. The van der Waals surface area contributed by atoms with Crippen LogP contribution < -0.4 is 5.32 Å². The molecule has 1 saturated heterocycles. The van der Waals surface area contributed by atoms with Gasteiger partial charge in [-0.05, 0) is 25.5 Å². The summed E-state index contributed by atoms with van der Waals surface area (Å²) in [5.74, 6) is 2.53. The van der Waals surface area contributed by atoms with E-state index >= 15 is 0 Å². The largest absolute Gasteiger partial charge is 0.392 e. The van der Waals surface area contributed by atoms with Gasteiger partial charge in [-0.15, -0.1) is 0 Å². The van der Waals surface area contributed by atoms with Crippen molar-refractivity contribution in [3.63, 3.8) is 0 Å². The molecule has 0 aliphatic carbocycles. The third-order valence-electron chi connectivity index (χ3n) is 1.86. The molecule has 0 spiro atoms. The van der Waals surface area contributed by atoms with Gasteiger partial charge in [0.25, 0.3) is 0 Å². The van der Waals surface area contributed by atoms with Gasteiger partial charge in [0.2, 0.25) is 0 Å². The Balaban J connectivity index is 2.05. The summed E-state index contributed by atoms with van der Waals surface area (Å²) in [5.41, 5.74) is 0. The Labute approximate surface area is 72.8 Å². The zero-order valence-corrected chi connectivity index (χ0v) is 7.86. The fourth-order valence-electron chi connectivity index (χ4n) is 1.24. The van der Waals surface area contributed by atoms with E-state index in [2.05, 4.69) is 5.32 Å². The Hall–Kier alpha value is 0.270. The van der Waals surface area contributed by atoms with Crippen molar-refractivity contribution in [2.24, 2.45) is 0 Å². The summed E-state index contributed by atoms with van der Waals surface area (Å²) in [7, 11) is 0. The molecule has 0 aromatic heterocycles. The highest BCUT2D eigenvalue weighted by atomic mass is 32.2. The zero-order chi connectivity index (χ0) is 8.10. The lowest BCUT2D eigenvalue weighted by Crippen LogP contribution is -2.37. The van der Waals surface area contributed by atoms with Crippen LogP contribution in [0.2, 0.25) is 0 Å². The molecular formula is C8H17NOS. The van der Waals surface area contributed by atoms with Crippen LogP contribution in [0.15, 0.2) is 0 Å². The molecule has 1 aliphatic heterocycles. The highest BCUT2D eigenvalue weighted by Gasteiger charge is 2.12. The predicted molar refractivity (Wildman–Crippen MR) is 50.0 cm³/mol. The monoisotopic (exact) mass is 175 g/mol. The van der Waals surface area contributed by atoms with Crippen LogP contribution in [0.1, 0.15) is 19.8 Å². The molecule has 0 amide bonds. The van der Waals surface area contributed by atoms with Gasteiger partial charge in [-0.1, -0.05) is 0 Å². The van der Waals surface area contributed by atoms with Gasteiger partial charge in [0, 0.05) is 18.3 Å². The SMILES string of the molecule is CC(O)CNC1CCCSC1. The van der Waals surface area contributed by atoms with Crippen molar-refractivity contribution in [2.75, 3.05) is 18.1 Å². The van der Waals surface area contributed by atoms with Gasteiger partial charge in [-0.25, -0.2) is 0 Å². The van der Waals surface area contributed by atoms with Crippen LogP contribution in [0.4, 0.5) is 0 Å². The van der Waals surface area contributed by atoms with Gasteiger partial charge in [0.1, 0.15) is 0 Å². The molecule has 2 unspecified atom stereocenters. The first-order chi connectivity index (χ1) is 5.29. The standard InChI is InChI=1S/C8H17NOS/c1-7(10)5-9-8-3-2-4-11-6-8/h7-10H,2-6H2,1H3. The minimum absolute atomic E-state index is 0.207. The number of aliphatic hydroxyl groups excluding tert-OH is 1. The second kappa shape index (κ2) is 5.01. The van der Waals surface area contributed by atoms with E-state index in [4.69, 9.17) is 5.11 Å². The normalized spacial score (nSPS) is 28.4. The van der Waals surface area contributed by atoms with Crippen molar-refractivity contribution in [1.29, 1.82) is 0 Å². The topological polar surface area (TPSA) is 32.3 Å². The Morgan fingerprint density at radius 3 is 3.09 bits per heavy atom. The van der Waals surface area contributed by atoms with Crippen LogP contribution in [-0.4, -0.2) is 35.3 Å². The summed E-state index contributed by atoms with van der Waals surface area (Å²) in [6.45, 7) is 2.56. The molecule has 2 atom stereocenters. The third kappa shape index (κ3) is 3.99. The molecule has 0 saturated carbocycles. The summed E-state index contributed by atoms with van der Waals surface area (Å²) < 4.78 is 0. The van der Waals surface area contributed by atoms with Gasteiger partial charge < -0.3 is 10.4 Å². The van der Waals surface area contributed by atoms with Gasteiger partial charge in [0.05, 0.1) is 6.10 Å². The molecule has 1 aliphatic rings. The Kier molecular flexibility index (Phi) is 4.26. The zero-order valence-electron chi connectivity index (χ0n) is 7.05. The van der Waals surface area contributed by atoms with Crippen LogP contribution in [0, 0.1) is 0 Å². The van der Waals surface area contributed by atoms with Crippen molar-refractivity contribution >= 4 is 11.8 Å². The minimum atomic E-state index is -0.207. The van der Waals surface area contributed by atoms with Gasteiger partial charge in [0.15, 0.2) is 0 Å². The molecule has 0 aromatic rings. The Morgan fingerprint density at radius 2 is 2.55 bits per heavy atom. The fourth-order valence-corrected chi connectivity index (χ4v) is 2.35. The minimum Gasteiger partial charge on any atom is -0.392 e. The summed E-state index contributed by atoms with van der Waals surface area (Å²) >= 11 is 2.01. The van der Waals surface area contributed by atoms with Crippen molar-refractivity contribution in [3.8, 4) is 0 Å². The lowest BCUT2D eigenvalue weighted by molar-refractivity contribution is 0.186. The van der Waals surface area contributed by atoms with Crippen molar-refractivity contribution < 1.29 is 5.11 Å². The molecule has 11 heavy (non-hydrogen) atoms. The third-order valence-corrected chi connectivity index (χ3v) is 3.08. The second-order valence-electron chi connectivity index (χ2n) is 3.17. The van der Waals surface area contributed by atoms with Crippen molar-refractivity contribution in [3.05, 3.63) is 0 Å². The van der Waals surface area contributed by atoms with Crippen LogP contribution in [0.25, 0.3) is 0 Å². The highest BCUT2D eigenvalue weighted by molar-refractivity contribution is 7.99. The first kappa shape index (κ1) is 9.36. The Morgan fingerprint density at radius 1 is 1.73 bits per heavy atom. The number of hydrogen-bond donors (Lipinski definition) is 2. The second-order valence-corrected chi connectivity index (χ2v) is 4.32. The molecule has 1 heterocycles. The van der Waals surface area contributed by atoms with Crippen LogP contribution in [0.5, 0.6) is 0 Å². The van der Waals surface area contributed by atoms with E-state index in [9.17, 15) is 0 Å². The van der Waals surface area contributed by atoms with E-state index in [1.165, 1.54) is 24.3 Å². The fraction of sp³-hybridized carbons (Fsp3) is 1.00. The Bertz CT molecular complexity index is 102. The van der Waals surface area contributed by atoms with Crippen LogP contribution in [0.3, 0.4) is 0 Å². The summed E-state index contributed by atoms with van der Waals surface area (Å²) in [5, 5.41) is 12.4. The van der Waals surface area contributed by atoms with E-state index in [1.54, 1.807) is 0 Å². The van der Waals surface area contributed by atoms with Gasteiger partial charge in [-0.3, -0.25) is 0 Å². The maximum absolute atomic E-state index is 9.01. The van der Waals surface area contributed by atoms with Gasteiger partial charge in [-0.2, -0.15) is 11.8 Å². The van der Waals surface area contributed by atoms with Crippen LogP contribution >= 0.6 is 11.8 Å². The van der Waals surface area contributed by atoms with Crippen molar-refractivity contribution in [2.45, 2.75) is 31.9 Å². The number of rotatable bonds is 3. The molecule has 0 radical (unpaired) electrons. The molecule has 3 heteroatoms. The first-order valence-electron chi connectivity index (χ1n) is 4.28. The van der Waals surface area contributed by atoms with E-state index in [0.717, 1.165) is 6.54 Å². The number of aliphatic hydroxyl groups is 1. The summed E-state index contributed by atoms with van der Waals surface area (Å²) in [4.78, 5) is 0. The number of hydrogen-bond acceptors (Lipinski definition) is 3. The first-order valence-corrected chi connectivity index (χ1v) is 5.43. The molecule has 2 N–H and O–H groups in total. The van der Waals surface area contributed by atoms with E-state index in [0.29, 0.717) is 6.04 Å². The summed E-state index contributed by atoms with van der Waals surface area (Å²) in [6.07, 6.45) is 2.39. The lowest BCUT2D eigenvalue weighted by atomic mass is 10.2. The molecular weight excluding hydrogens is 158 g/mol.